The van der Waals surface area contributed by atoms with Gasteiger partial charge in [-0.1, -0.05) is 0 Å². The standard InChI is InChI=1S/C14H22N4O/c1-18-7-2-3-11(18)5-8-19-14-12-9-15-6-4-13(12)16-10-17-14/h10-11,15H,2-9H2,1H3. The van der Waals surface area contributed by atoms with Gasteiger partial charge in [-0.3, -0.25) is 0 Å². The van der Waals surface area contributed by atoms with Gasteiger partial charge in [0.2, 0.25) is 5.88 Å². The molecule has 0 aliphatic carbocycles. The van der Waals surface area contributed by atoms with Gasteiger partial charge in [0.05, 0.1) is 12.3 Å². The zero-order valence-electron chi connectivity index (χ0n) is 11.6. The van der Waals surface area contributed by atoms with Gasteiger partial charge in [-0.15, -0.1) is 0 Å². The van der Waals surface area contributed by atoms with Crippen molar-refractivity contribution in [3.8, 4) is 5.88 Å². The highest BCUT2D eigenvalue weighted by molar-refractivity contribution is 5.31. The lowest BCUT2D eigenvalue weighted by molar-refractivity contribution is 0.226. The normalized spacial score (nSPS) is 23.3. The van der Waals surface area contributed by atoms with Gasteiger partial charge in [-0.2, -0.15) is 0 Å². The zero-order chi connectivity index (χ0) is 13.1. The fourth-order valence-corrected chi connectivity index (χ4v) is 3.00. The van der Waals surface area contributed by atoms with Crippen LogP contribution in [0.5, 0.6) is 5.88 Å². The maximum absolute atomic E-state index is 5.90. The van der Waals surface area contributed by atoms with Crippen molar-refractivity contribution < 1.29 is 4.74 Å². The molecule has 2 aliphatic heterocycles. The lowest BCUT2D eigenvalue weighted by Gasteiger charge is -2.21. The molecule has 5 nitrogen and oxygen atoms in total. The Morgan fingerprint density at radius 1 is 1.47 bits per heavy atom. The van der Waals surface area contributed by atoms with Crippen molar-refractivity contribution in [3.63, 3.8) is 0 Å². The molecule has 1 fully saturated rings. The average Bonchev–Trinajstić information content (AvgIpc) is 2.85. The van der Waals surface area contributed by atoms with Gasteiger partial charge < -0.3 is 15.0 Å². The number of fused-ring (bicyclic) bond motifs is 1. The van der Waals surface area contributed by atoms with Crippen LogP contribution in [0.1, 0.15) is 30.5 Å². The van der Waals surface area contributed by atoms with E-state index in [1.54, 1.807) is 6.33 Å². The predicted octanol–water partition coefficient (Wildman–Crippen LogP) is 0.985. The number of nitrogens with zero attached hydrogens (tertiary/aromatic N) is 3. The average molecular weight is 262 g/mol. The number of hydrogen-bond acceptors (Lipinski definition) is 5. The molecule has 1 saturated heterocycles. The van der Waals surface area contributed by atoms with Gasteiger partial charge in [0.1, 0.15) is 6.33 Å². The van der Waals surface area contributed by atoms with Crippen LogP contribution in [0.3, 0.4) is 0 Å². The van der Waals surface area contributed by atoms with E-state index in [1.165, 1.54) is 19.4 Å². The molecule has 5 heteroatoms. The van der Waals surface area contributed by atoms with Gasteiger partial charge in [-0.05, 0) is 32.9 Å². The Morgan fingerprint density at radius 2 is 2.42 bits per heavy atom. The Bertz CT molecular complexity index is 437. The molecule has 19 heavy (non-hydrogen) atoms. The number of hydrogen-bond donors (Lipinski definition) is 1. The van der Waals surface area contributed by atoms with Gasteiger partial charge in [0.25, 0.3) is 0 Å². The first-order valence-electron chi connectivity index (χ1n) is 7.21. The molecular weight excluding hydrogens is 240 g/mol. The second-order valence-electron chi connectivity index (χ2n) is 5.44. The highest BCUT2D eigenvalue weighted by atomic mass is 16.5. The van der Waals surface area contributed by atoms with Crippen LogP contribution in [0, 0.1) is 0 Å². The maximum atomic E-state index is 5.90. The van der Waals surface area contributed by atoms with Crippen LogP contribution in [0.4, 0.5) is 0 Å². The smallest absolute Gasteiger partial charge is 0.221 e. The molecule has 1 aromatic heterocycles. The Hall–Kier alpha value is -1.20. The molecule has 0 saturated carbocycles. The van der Waals surface area contributed by atoms with Gasteiger partial charge >= 0.3 is 0 Å². The summed E-state index contributed by atoms with van der Waals surface area (Å²) in [7, 11) is 2.20. The topological polar surface area (TPSA) is 50.3 Å². The molecule has 3 rings (SSSR count). The Balaban J connectivity index is 1.58. The lowest BCUT2D eigenvalue weighted by Crippen LogP contribution is -2.28. The molecule has 1 atom stereocenters. The van der Waals surface area contributed by atoms with E-state index in [9.17, 15) is 0 Å². The van der Waals surface area contributed by atoms with Gasteiger partial charge in [-0.25, -0.2) is 9.97 Å². The summed E-state index contributed by atoms with van der Waals surface area (Å²) in [6, 6.07) is 0.677. The highest BCUT2D eigenvalue weighted by Crippen LogP contribution is 2.22. The third-order valence-electron chi connectivity index (χ3n) is 4.20. The third kappa shape index (κ3) is 2.87. The van der Waals surface area contributed by atoms with E-state index in [0.29, 0.717) is 6.04 Å². The Morgan fingerprint density at radius 3 is 3.26 bits per heavy atom. The Kier molecular flexibility index (Phi) is 3.94. The molecule has 0 spiro atoms. The molecule has 0 bridgehead atoms. The lowest BCUT2D eigenvalue weighted by atomic mass is 10.1. The van der Waals surface area contributed by atoms with Crippen molar-refractivity contribution in [1.82, 2.24) is 20.2 Å². The number of nitrogens with one attached hydrogen (secondary N) is 1. The minimum absolute atomic E-state index is 0.677. The second-order valence-corrected chi connectivity index (χ2v) is 5.44. The predicted molar refractivity (Wildman–Crippen MR) is 73.2 cm³/mol. The Labute approximate surface area is 114 Å². The van der Waals surface area contributed by atoms with Crippen LogP contribution in [0.15, 0.2) is 6.33 Å². The summed E-state index contributed by atoms with van der Waals surface area (Å²) in [5, 5.41) is 3.35. The summed E-state index contributed by atoms with van der Waals surface area (Å²) in [6.45, 7) is 3.79. The van der Waals surface area contributed by atoms with E-state index in [0.717, 1.165) is 49.7 Å². The first kappa shape index (κ1) is 12.8. The summed E-state index contributed by atoms with van der Waals surface area (Å²) < 4.78 is 5.90. The first-order valence-corrected chi connectivity index (χ1v) is 7.21. The van der Waals surface area contributed by atoms with Gasteiger partial charge in [0.15, 0.2) is 0 Å². The summed E-state index contributed by atoms with van der Waals surface area (Å²) in [6.07, 6.45) is 6.29. The van der Waals surface area contributed by atoms with Crippen molar-refractivity contribution >= 4 is 0 Å². The van der Waals surface area contributed by atoms with E-state index < -0.39 is 0 Å². The minimum Gasteiger partial charge on any atom is -0.477 e. The highest BCUT2D eigenvalue weighted by Gasteiger charge is 2.21. The summed E-state index contributed by atoms with van der Waals surface area (Å²) >= 11 is 0. The number of likely N-dealkylation sites (tertiary alicyclic amines) is 1. The van der Waals surface area contributed by atoms with Gasteiger partial charge in [0, 0.05) is 31.1 Å². The van der Waals surface area contributed by atoms with Crippen molar-refractivity contribution in [2.24, 2.45) is 0 Å². The molecule has 1 unspecified atom stereocenters. The SMILES string of the molecule is CN1CCCC1CCOc1ncnc2c1CNCC2. The fraction of sp³-hybridized carbons (Fsp3) is 0.714. The van der Waals surface area contributed by atoms with Crippen LogP contribution in [0.25, 0.3) is 0 Å². The van der Waals surface area contributed by atoms with Crippen molar-refractivity contribution in [3.05, 3.63) is 17.6 Å². The van der Waals surface area contributed by atoms with Crippen molar-refractivity contribution in [2.45, 2.75) is 38.3 Å². The molecule has 0 aromatic carbocycles. The van der Waals surface area contributed by atoms with E-state index >= 15 is 0 Å². The fourth-order valence-electron chi connectivity index (χ4n) is 3.00. The van der Waals surface area contributed by atoms with Crippen LogP contribution in [-0.4, -0.2) is 47.7 Å². The summed E-state index contributed by atoms with van der Waals surface area (Å²) in [5.74, 6) is 0.776. The molecule has 2 aliphatic rings. The van der Waals surface area contributed by atoms with E-state index in [4.69, 9.17) is 4.74 Å². The van der Waals surface area contributed by atoms with Crippen LogP contribution in [-0.2, 0) is 13.0 Å². The number of ether oxygens (including phenoxy) is 1. The van der Waals surface area contributed by atoms with Crippen LogP contribution >= 0.6 is 0 Å². The van der Waals surface area contributed by atoms with E-state index in [-0.39, 0.29) is 0 Å². The third-order valence-corrected chi connectivity index (χ3v) is 4.20. The number of rotatable bonds is 4. The van der Waals surface area contributed by atoms with Crippen molar-refractivity contribution in [2.75, 3.05) is 26.7 Å². The quantitative estimate of drug-likeness (QED) is 0.877. The minimum atomic E-state index is 0.677. The van der Waals surface area contributed by atoms with Crippen LogP contribution in [0.2, 0.25) is 0 Å². The molecule has 104 valence electrons. The maximum Gasteiger partial charge on any atom is 0.221 e. The second kappa shape index (κ2) is 5.84. The monoisotopic (exact) mass is 262 g/mol. The van der Waals surface area contributed by atoms with Crippen LogP contribution < -0.4 is 10.1 Å². The number of aromatic nitrogens is 2. The molecular formula is C14H22N4O. The molecule has 1 aromatic rings. The molecule has 1 N–H and O–H groups in total. The van der Waals surface area contributed by atoms with Crippen molar-refractivity contribution in [1.29, 1.82) is 0 Å². The largest absolute Gasteiger partial charge is 0.477 e. The van der Waals surface area contributed by atoms with E-state index in [2.05, 4.69) is 27.2 Å². The zero-order valence-corrected chi connectivity index (χ0v) is 11.6. The summed E-state index contributed by atoms with van der Waals surface area (Å²) in [5.41, 5.74) is 2.29. The first-order chi connectivity index (χ1) is 9.34. The van der Waals surface area contributed by atoms with E-state index in [1.807, 2.05) is 0 Å². The molecule has 3 heterocycles. The summed E-state index contributed by atoms with van der Waals surface area (Å²) in [4.78, 5) is 11.1. The molecule has 0 amide bonds. The molecule has 0 radical (unpaired) electrons.